The topological polar surface area (TPSA) is 0 Å². The van der Waals surface area contributed by atoms with Gasteiger partial charge in [-0.05, 0) is 38.5 Å². The van der Waals surface area contributed by atoms with Gasteiger partial charge >= 0.3 is 0 Å². The van der Waals surface area contributed by atoms with Gasteiger partial charge in [-0.15, -0.1) is 0 Å². The Morgan fingerprint density at radius 1 is 1.44 bits per heavy atom. The molecule has 0 heterocycles. The Morgan fingerprint density at radius 2 is 2.11 bits per heavy atom. The summed E-state index contributed by atoms with van der Waals surface area (Å²) in [7, 11) is 0. The van der Waals surface area contributed by atoms with E-state index in [2.05, 4.69) is 26.8 Å². The second-order valence-corrected chi connectivity index (χ2v) is 3.19. The van der Waals surface area contributed by atoms with Crippen molar-refractivity contribution in [3.05, 3.63) is 11.6 Å². The molecule has 0 heteroatoms. The highest BCUT2D eigenvalue weighted by molar-refractivity contribution is 5.06. The first-order valence-corrected chi connectivity index (χ1v) is 3.88. The van der Waals surface area contributed by atoms with E-state index in [1.165, 1.54) is 12.8 Å². The van der Waals surface area contributed by atoms with Crippen LogP contribution in [-0.2, 0) is 0 Å². The highest BCUT2D eigenvalue weighted by atomic mass is 14.3. The molecular weight excluding hydrogens is 108 g/mol. The second kappa shape index (κ2) is 2.55. The van der Waals surface area contributed by atoms with Crippen molar-refractivity contribution in [2.24, 2.45) is 11.8 Å². The van der Waals surface area contributed by atoms with Crippen molar-refractivity contribution in [2.45, 2.75) is 33.6 Å². The van der Waals surface area contributed by atoms with Crippen molar-refractivity contribution < 1.29 is 0 Å². The van der Waals surface area contributed by atoms with E-state index in [9.17, 15) is 0 Å². The zero-order valence-electron chi connectivity index (χ0n) is 6.65. The number of rotatable bonds is 1. The van der Waals surface area contributed by atoms with Crippen molar-refractivity contribution in [2.75, 3.05) is 0 Å². The molecule has 52 valence electrons. The molecule has 1 aliphatic carbocycles. The van der Waals surface area contributed by atoms with Gasteiger partial charge in [0.2, 0.25) is 0 Å². The molecule has 9 heavy (non-hydrogen) atoms. The highest BCUT2D eigenvalue weighted by Gasteiger charge is 2.26. The summed E-state index contributed by atoms with van der Waals surface area (Å²) in [5.74, 6) is 1.89. The van der Waals surface area contributed by atoms with E-state index in [4.69, 9.17) is 0 Å². The molecule has 2 unspecified atom stereocenters. The Hall–Kier alpha value is -0.260. The first-order chi connectivity index (χ1) is 4.25. The SMILES string of the molecule is CC=C(C)C1CCC1C. The summed E-state index contributed by atoms with van der Waals surface area (Å²) in [5, 5.41) is 0. The van der Waals surface area contributed by atoms with Crippen molar-refractivity contribution in [3.8, 4) is 0 Å². The summed E-state index contributed by atoms with van der Waals surface area (Å²) in [6, 6.07) is 0. The Balaban J connectivity index is 2.44. The molecule has 1 saturated carbocycles. The lowest BCUT2D eigenvalue weighted by molar-refractivity contribution is 0.237. The molecule has 0 aromatic heterocycles. The maximum absolute atomic E-state index is 2.35. The van der Waals surface area contributed by atoms with Crippen LogP contribution in [-0.4, -0.2) is 0 Å². The largest absolute Gasteiger partial charge is 0.0884 e. The van der Waals surface area contributed by atoms with E-state index in [-0.39, 0.29) is 0 Å². The molecule has 0 nitrogen and oxygen atoms in total. The summed E-state index contributed by atoms with van der Waals surface area (Å²) < 4.78 is 0. The molecule has 0 saturated heterocycles. The summed E-state index contributed by atoms with van der Waals surface area (Å²) in [4.78, 5) is 0. The van der Waals surface area contributed by atoms with Crippen LogP contribution in [0.2, 0.25) is 0 Å². The highest BCUT2D eigenvalue weighted by Crippen LogP contribution is 2.38. The van der Waals surface area contributed by atoms with Crippen LogP contribution in [0.4, 0.5) is 0 Å². The van der Waals surface area contributed by atoms with E-state index in [0.717, 1.165) is 11.8 Å². The fraction of sp³-hybridized carbons (Fsp3) is 0.778. The van der Waals surface area contributed by atoms with Crippen LogP contribution in [0.15, 0.2) is 11.6 Å². The molecule has 1 fully saturated rings. The number of hydrogen-bond donors (Lipinski definition) is 0. The average molecular weight is 124 g/mol. The minimum absolute atomic E-state index is 0.926. The van der Waals surface area contributed by atoms with E-state index in [0.29, 0.717) is 0 Å². The van der Waals surface area contributed by atoms with Gasteiger partial charge in [0.25, 0.3) is 0 Å². The molecule has 0 bridgehead atoms. The van der Waals surface area contributed by atoms with Gasteiger partial charge in [0.1, 0.15) is 0 Å². The van der Waals surface area contributed by atoms with Crippen LogP contribution in [0.5, 0.6) is 0 Å². The van der Waals surface area contributed by atoms with Crippen LogP contribution in [0.1, 0.15) is 33.6 Å². The van der Waals surface area contributed by atoms with E-state index in [1.54, 1.807) is 5.57 Å². The average Bonchev–Trinajstić information content (AvgIpc) is 1.84. The summed E-state index contributed by atoms with van der Waals surface area (Å²) in [6.45, 7) is 6.74. The Morgan fingerprint density at radius 3 is 2.22 bits per heavy atom. The lowest BCUT2D eigenvalue weighted by atomic mass is 9.71. The van der Waals surface area contributed by atoms with Crippen LogP contribution in [0.25, 0.3) is 0 Å². The van der Waals surface area contributed by atoms with E-state index in [1.807, 2.05) is 0 Å². The Bertz CT molecular complexity index is 122. The van der Waals surface area contributed by atoms with E-state index < -0.39 is 0 Å². The van der Waals surface area contributed by atoms with Gasteiger partial charge in [0.15, 0.2) is 0 Å². The van der Waals surface area contributed by atoms with Crippen molar-refractivity contribution in [1.29, 1.82) is 0 Å². The number of allylic oxidation sites excluding steroid dienone is 2. The molecule has 0 spiro atoms. The standard InChI is InChI=1S/C9H16/c1-4-7(2)9-6-5-8(9)3/h4,8-9H,5-6H2,1-3H3. The lowest BCUT2D eigenvalue weighted by Gasteiger charge is -2.34. The molecule has 0 radical (unpaired) electrons. The van der Waals surface area contributed by atoms with Crippen LogP contribution < -0.4 is 0 Å². The quantitative estimate of drug-likeness (QED) is 0.471. The molecule has 0 N–H and O–H groups in total. The third-order valence-corrected chi connectivity index (χ3v) is 2.66. The molecular formula is C9H16. The molecule has 1 rings (SSSR count). The molecule has 0 aliphatic heterocycles. The zero-order chi connectivity index (χ0) is 6.85. The third-order valence-electron chi connectivity index (χ3n) is 2.66. The van der Waals surface area contributed by atoms with Crippen molar-refractivity contribution >= 4 is 0 Å². The summed E-state index contributed by atoms with van der Waals surface area (Å²) in [5.41, 5.74) is 1.59. The fourth-order valence-corrected chi connectivity index (χ4v) is 1.56. The number of hydrogen-bond acceptors (Lipinski definition) is 0. The Kier molecular flexibility index (Phi) is 1.94. The van der Waals surface area contributed by atoms with E-state index >= 15 is 0 Å². The van der Waals surface area contributed by atoms with Crippen LogP contribution in [0, 0.1) is 11.8 Å². The fourth-order valence-electron chi connectivity index (χ4n) is 1.56. The first-order valence-electron chi connectivity index (χ1n) is 3.88. The summed E-state index contributed by atoms with van der Waals surface area (Å²) >= 11 is 0. The maximum Gasteiger partial charge on any atom is -0.0180 e. The van der Waals surface area contributed by atoms with Gasteiger partial charge in [-0.25, -0.2) is 0 Å². The second-order valence-electron chi connectivity index (χ2n) is 3.19. The smallest absolute Gasteiger partial charge is 0.0180 e. The van der Waals surface area contributed by atoms with Crippen LogP contribution in [0.3, 0.4) is 0 Å². The molecule has 0 aromatic rings. The summed E-state index contributed by atoms with van der Waals surface area (Å²) in [6.07, 6.45) is 5.12. The van der Waals surface area contributed by atoms with Gasteiger partial charge in [0, 0.05) is 0 Å². The van der Waals surface area contributed by atoms with Crippen molar-refractivity contribution in [3.63, 3.8) is 0 Å². The van der Waals surface area contributed by atoms with Gasteiger partial charge in [0.05, 0.1) is 0 Å². The van der Waals surface area contributed by atoms with Gasteiger partial charge < -0.3 is 0 Å². The predicted molar refractivity (Wildman–Crippen MR) is 41.3 cm³/mol. The molecule has 2 atom stereocenters. The van der Waals surface area contributed by atoms with Crippen molar-refractivity contribution in [1.82, 2.24) is 0 Å². The van der Waals surface area contributed by atoms with Gasteiger partial charge in [-0.2, -0.15) is 0 Å². The van der Waals surface area contributed by atoms with Crippen LogP contribution >= 0.6 is 0 Å². The Labute approximate surface area is 58.0 Å². The molecule has 1 aliphatic rings. The lowest BCUT2D eigenvalue weighted by Crippen LogP contribution is -2.23. The normalized spacial score (nSPS) is 36.1. The molecule has 0 amide bonds. The maximum atomic E-state index is 2.35. The van der Waals surface area contributed by atoms with Gasteiger partial charge in [-0.3, -0.25) is 0 Å². The third kappa shape index (κ3) is 1.17. The van der Waals surface area contributed by atoms with Gasteiger partial charge in [-0.1, -0.05) is 18.6 Å². The predicted octanol–water partition coefficient (Wildman–Crippen LogP) is 3.00. The zero-order valence-corrected chi connectivity index (χ0v) is 6.65. The minimum atomic E-state index is 0.926. The minimum Gasteiger partial charge on any atom is -0.0884 e. The first kappa shape index (κ1) is 6.85. The monoisotopic (exact) mass is 124 g/mol. The molecule has 0 aromatic carbocycles.